The molecule has 4 aliphatic rings. The van der Waals surface area contributed by atoms with Crippen molar-refractivity contribution in [1.29, 1.82) is 0 Å². The average Bonchev–Trinajstić information content (AvgIpc) is 2.09. The van der Waals surface area contributed by atoms with E-state index in [4.69, 9.17) is 4.74 Å². The van der Waals surface area contributed by atoms with Crippen molar-refractivity contribution in [3.63, 3.8) is 0 Å². The summed E-state index contributed by atoms with van der Waals surface area (Å²) in [5.41, 5.74) is 0. The van der Waals surface area contributed by atoms with Crippen LogP contribution < -0.4 is 0 Å². The molecule has 14 heavy (non-hydrogen) atoms. The van der Waals surface area contributed by atoms with Gasteiger partial charge >= 0.3 is 0 Å². The van der Waals surface area contributed by atoms with Crippen molar-refractivity contribution in [2.24, 2.45) is 23.7 Å². The van der Waals surface area contributed by atoms with Gasteiger partial charge in [-0.3, -0.25) is 0 Å². The topological polar surface area (TPSA) is 29.5 Å². The van der Waals surface area contributed by atoms with E-state index in [9.17, 15) is 5.11 Å². The molecule has 0 saturated heterocycles. The van der Waals surface area contributed by atoms with Crippen LogP contribution in [0.25, 0.3) is 0 Å². The first kappa shape index (κ1) is 9.17. The maximum absolute atomic E-state index is 9.31. The summed E-state index contributed by atoms with van der Waals surface area (Å²) in [5.74, 6) is 3.51. The van der Waals surface area contributed by atoms with Crippen LogP contribution in [-0.4, -0.2) is 17.5 Å². The van der Waals surface area contributed by atoms with Crippen LogP contribution in [0, 0.1) is 23.7 Å². The summed E-state index contributed by atoms with van der Waals surface area (Å²) in [4.78, 5) is 0. The lowest BCUT2D eigenvalue weighted by Gasteiger charge is -2.54. The third-order valence-corrected chi connectivity index (χ3v) is 4.49. The largest absolute Gasteiger partial charge is 0.368 e. The van der Waals surface area contributed by atoms with Crippen molar-refractivity contribution in [2.75, 3.05) is 0 Å². The fourth-order valence-corrected chi connectivity index (χ4v) is 4.32. The van der Waals surface area contributed by atoms with Crippen LogP contribution in [-0.2, 0) is 4.74 Å². The molecule has 0 aromatic carbocycles. The second-order valence-corrected chi connectivity index (χ2v) is 5.63. The van der Waals surface area contributed by atoms with Crippen molar-refractivity contribution >= 4 is 0 Å². The summed E-state index contributed by atoms with van der Waals surface area (Å²) >= 11 is 0. The van der Waals surface area contributed by atoms with Crippen LogP contribution in [0.1, 0.15) is 39.0 Å². The van der Waals surface area contributed by atoms with E-state index < -0.39 is 6.29 Å². The first-order valence-corrected chi connectivity index (χ1v) is 6.06. The predicted octanol–water partition coefficient (Wildman–Crippen LogP) is 2.17. The van der Waals surface area contributed by atoms with Gasteiger partial charge in [0, 0.05) is 0 Å². The van der Waals surface area contributed by atoms with E-state index in [1.54, 1.807) is 6.92 Å². The molecule has 2 heteroatoms. The molecule has 0 spiro atoms. The lowest BCUT2D eigenvalue weighted by molar-refractivity contribution is -0.200. The van der Waals surface area contributed by atoms with Gasteiger partial charge in [-0.05, 0) is 62.7 Å². The maximum Gasteiger partial charge on any atom is 0.152 e. The van der Waals surface area contributed by atoms with E-state index >= 15 is 0 Å². The number of hydrogen-bond donors (Lipinski definition) is 1. The molecule has 2 nitrogen and oxygen atoms in total. The van der Waals surface area contributed by atoms with E-state index in [0.29, 0.717) is 6.10 Å². The summed E-state index contributed by atoms with van der Waals surface area (Å²) in [6, 6.07) is 0. The Morgan fingerprint density at radius 1 is 1.00 bits per heavy atom. The fraction of sp³-hybridized carbons (Fsp3) is 1.00. The molecule has 4 rings (SSSR count). The normalized spacial score (nSPS) is 52.3. The molecule has 4 bridgehead atoms. The zero-order valence-corrected chi connectivity index (χ0v) is 8.86. The summed E-state index contributed by atoms with van der Waals surface area (Å²) in [7, 11) is 0. The number of hydrogen-bond acceptors (Lipinski definition) is 2. The van der Waals surface area contributed by atoms with Gasteiger partial charge in [-0.1, -0.05) is 0 Å². The quantitative estimate of drug-likeness (QED) is 0.686. The highest BCUT2D eigenvalue weighted by Crippen LogP contribution is 2.54. The lowest BCUT2D eigenvalue weighted by Crippen LogP contribution is -2.50. The Bertz CT molecular complexity index is 196. The second kappa shape index (κ2) is 3.21. The Kier molecular flexibility index (Phi) is 2.10. The summed E-state index contributed by atoms with van der Waals surface area (Å²) < 4.78 is 5.68. The minimum atomic E-state index is -0.572. The monoisotopic (exact) mass is 196 g/mol. The van der Waals surface area contributed by atoms with Crippen LogP contribution in [0.15, 0.2) is 0 Å². The third kappa shape index (κ3) is 1.40. The zero-order valence-electron chi connectivity index (χ0n) is 8.86. The Labute approximate surface area is 85.6 Å². The Balaban J connectivity index is 1.74. The molecule has 4 fully saturated rings. The Hall–Kier alpha value is -0.0800. The Morgan fingerprint density at radius 3 is 1.93 bits per heavy atom. The smallest absolute Gasteiger partial charge is 0.152 e. The molecule has 4 saturated carbocycles. The van der Waals surface area contributed by atoms with Crippen molar-refractivity contribution < 1.29 is 9.84 Å². The molecule has 1 unspecified atom stereocenters. The predicted molar refractivity (Wildman–Crippen MR) is 53.6 cm³/mol. The van der Waals surface area contributed by atoms with Gasteiger partial charge in [0.25, 0.3) is 0 Å². The number of ether oxygens (including phenoxy) is 1. The van der Waals surface area contributed by atoms with Crippen molar-refractivity contribution in [3.8, 4) is 0 Å². The molecular weight excluding hydrogens is 176 g/mol. The summed E-state index contributed by atoms with van der Waals surface area (Å²) in [6.45, 7) is 1.74. The molecule has 0 aromatic heterocycles. The average molecular weight is 196 g/mol. The molecule has 1 N–H and O–H groups in total. The van der Waals surface area contributed by atoms with Gasteiger partial charge in [-0.2, -0.15) is 0 Å². The van der Waals surface area contributed by atoms with Gasteiger partial charge < -0.3 is 9.84 Å². The number of aliphatic hydroxyl groups excluding tert-OH is 1. The molecule has 4 aliphatic carbocycles. The first-order valence-electron chi connectivity index (χ1n) is 6.06. The zero-order chi connectivity index (χ0) is 9.71. The van der Waals surface area contributed by atoms with Crippen molar-refractivity contribution in [2.45, 2.75) is 51.4 Å². The van der Waals surface area contributed by atoms with Crippen molar-refractivity contribution in [1.82, 2.24) is 0 Å². The molecule has 0 radical (unpaired) electrons. The van der Waals surface area contributed by atoms with Gasteiger partial charge in [0.05, 0.1) is 6.10 Å². The lowest BCUT2D eigenvalue weighted by atomic mass is 9.55. The molecule has 1 atom stereocenters. The minimum absolute atomic E-state index is 0.378. The van der Waals surface area contributed by atoms with Gasteiger partial charge in [0.2, 0.25) is 0 Å². The van der Waals surface area contributed by atoms with Crippen LogP contribution in [0.3, 0.4) is 0 Å². The maximum atomic E-state index is 9.31. The third-order valence-electron chi connectivity index (χ3n) is 4.49. The molecule has 0 amide bonds. The van der Waals surface area contributed by atoms with E-state index in [2.05, 4.69) is 0 Å². The highest BCUT2D eigenvalue weighted by Gasteiger charge is 2.49. The van der Waals surface area contributed by atoms with Crippen LogP contribution in [0.2, 0.25) is 0 Å². The molecular formula is C12H20O2. The molecule has 0 aliphatic heterocycles. The van der Waals surface area contributed by atoms with Crippen molar-refractivity contribution in [3.05, 3.63) is 0 Å². The van der Waals surface area contributed by atoms with E-state index in [1.165, 1.54) is 32.1 Å². The highest BCUT2D eigenvalue weighted by atomic mass is 16.6. The van der Waals surface area contributed by atoms with E-state index in [-0.39, 0.29) is 0 Å². The minimum Gasteiger partial charge on any atom is -0.368 e. The van der Waals surface area contributed by atoms with Gasteiger partial charge in [-0.15, -0.1) is 0 Å². The number of rotatable bonds is 2. The van der Waals surface area contributed by atoms with E-state index in [0.717, 1.165) is 23.7 Å². The fourth-order valence-electron chi connectivity index (χ4n) is 4.32. The molecule has 80 valence electrons. The standard InChI is InChI=1S/C12H20O2/c1-7(13)14-12-10-3-8-2-9(5-10)6-11(12)4-8/h7-13H,2-6H2,1H3. The second-order valence-electron chi connectivity index (χ2n) is 5.63. The van der Waals surface area contributed by atoms with Gasteiger partial charge in [0.1, 0.15) is 0 Å². The SMILES string of the molecule is CC(O)OC1C2CC3CC(C2)CC1C3. The molecule has 0 heterocycles. The van der Waals surface area contributed by atoms with Gasteiger partial charge in [0.15, 0.2) is 6.29 Å². The summed E-state index contributed by atoms with van der Waals surface area (Å²) in [5, 5.41) is 9.31. The van der Waals surface area contributed by atoms with Crippen LogP contribution in [0.5, 0.6) is 0 Å². The Morgan fingerprint density at radius 2 is 1.50 bits per heavy atom. The van der Waals surface area contributed by atoms with Gasteiger partial charge in [-0.25, -0.2) is 0 Å². The molecule has 0 aromatic rings. The van der Waals surface area contributed by atoms with Crippen LogP contribution >= 0.6 is 0 Å². The summed E-state index contributed by atoms with van der Waals surface area (Å²) in [6.07, 6.45) is 6.75. The van der Waals surface area contributed by atoms with E-state index in [1.807, 2.05) is 0 Å². The number of aliphatic hydroxyl groups is 1. The first-order chi connectivity index (χ1) is 6.72. The van der Waals surface area contributed by atoms with Crippen LogP contribution in [0.4, 0.5) is 0 Å². The highest BCUT2D eigenvalue weighted by molar-refractivity contribution is 4.98.